The summed E-state index contributed by atoms with van der Waals surface area (Å²) in [4.78, 5) is 36.1. The van der Waals surface area contributed by atoms with Crippen LogP contribution in [0.3, 0.4) is 0 Å². The van der Waals surface area contributed by atoms with E-state index in [-0.39, 0.29) is 17.7 Å². The third-order valence-corrected chi connectivity index (χ3v) is 3.74. The Balaban J connectivity index is 2.00. The van der Waals surface area contributed by atoms with Gasteiger partial charge in [-0.3, -0.25) is 4.79 Å². The number of benzene rings is 2. The number of hydrogen-bond acceptors (Lipinski definition) is 3. The van der Waals surface area contributed by atoms with Gasteiger partial charge in [-0.1, -0.05) is 30.3 Å². The number of aromatic carboxylic acids is 1. The highest BCUT2D eigenvalue weighted by Gasteiger charge is 2.32. The van der Waals surface area contributed by atoms with Crippen LogP contribution in [0.4, 0.5) is 5.69 Å². The fourth-order valence-electron chi connectivity index (χ4n) is 2.71. The first-order valence-electron chi connectivity index (χ1n) is 7.15. The van der Waals surface area contributed by atoms with Gasteiger partial charge in [0, 0.05) is 11.6 Å². The lowest BCUT2D eigenvalue weighted by atomic mass is 10.1. The van der Waals surface area contributed by atoms with Gasteiger partial charge in [0.1, 0.15) is 0 Å². The van der Waals surface area contributed by atoms with Crippen molar-refractivity contribution >= 4 is 29.1 Å². The number of para-hydroxylation sites is 1. The number of nitrogens with zero attached hydrogens (tertiary/aromatic N) is 1. The van der Waals surface area contributed by atoms with Gasteiger partial charge in [0.2, 0.25) is 0 Å². The highest BCUT2D eigenvalue weighted by atomic mass is 16.4. The molecule has 0 aromatic heterocycles. The molecule has 24 heavy (non-hydrogen) atoms. The van der Waals surface area contributed by atoms with Gasteiger partial charge >= 0.3 is 11.9 Å². The molecular weight excluding hydrogens is 310 g/mol. The Morgan fingerprint density at radius 3 is 2.50 bits per heavy atom. The molecule has 0 saturated heterocycles. The zero-order chi connectivity index (χ0) is 17.3. The summed E-state index contributed by atoms with van der Waals surface area (Å²) in [5.74, 6) is -2.65. The lowest BCUT2D eigenvalue weighted by Crippen LogP contribution is -2.26. The molecule has 0 saturated carbocycles. The number of amides is 1. The quantitative estimate of drug-likeness (QED) is 0.843. The average molecular weight is 323 g/mol. The highest BCUT2D eigenvalue weighted by Crippen LogP contribution is 2.37. The number of carbonyl (C=O) groups excluding carboxylic acids is 1. The highest BCUT2D eigenvalue weighted by molar-refractivity contribution is 6.34. The zero-order valence-electron chi connectivity index (χ0n) is 12.5. The number of rotatable bonds is 4. The maximum Gasteiger partial charge on any atom is 0.335 e. The van der Waals surface area contributed by atoms with Gasteiger partial charge in [-0.2, -0.15) is 0 Å². The molecular formula is C18H13NO5. The van der Waals surface area contributed by atoms with Crippen LogP contribution in [-0.4, -0.2) is 28.1 Å². The topological polar surface area (TPSA) is 94.9 Å². The minimum absolute atomic E-state index is 0.118. The van der Waals surface area contributed by atoms with Crippen molar-refractivity contribution in [1.29, 1.82) is 0 Å². The maximum atomic E-state index is 12.6. The number of aliphatic carboxylic acids is 1. The van der Waals surface area contributed by atoms with Crippen molar-refractivity contribution in [2.45, 2.75) is 6.54 Å². The number of anilines is 1. The van der Waals surface area contributed by atoms with E-state index in [4.69, 9.17) is 10.2 Å². The van der Waals surface area contributed by atoms with Gasteiger partial charge in [-0.05, 0) is 23.8 Å². The summed E-state index contributed by atoms with van der Waals surface area (Å²) in [5.41, 5.74) is 2.06. The SMILES string of the molecule is O=C(O)C=C1C(=O)N(Cc2cccc(C(=O)O)c2)c2ccccc21. The first kappa shape index (κ1) is 15.5. The molecule has 0 unspecified atom stereocenters. The van der Waals surface area contributed by atoms with E-state index in [1.54, 1.807) is 36.4 Å². The van der Waals surface area contributed by atoms with Crippen molar-refractivity contribution in [3.05, 3.63) is 71.3 Å². The normalized spacial score (nSPS) is 14.8. The van der Waals surface area contributed by atoms with E-state index in [0.29, 0.717) is 16.8 Å². The Bertz CT molecular complexity index is 884. The van der Waals surface area contributed by atoms with Crippen LogP contribution in [0, 0.1) is 0 Å². The molecule has 1 aliphatic heterocycles. The molecule has 120 valence electrons. The lowest BCUT2D eigenvalue weighted by Gasteiger charge is -2.17. The molecule has 0 radical (unpaired) electrons. The molecule has 2 aromatic carbocycles. The zero-order valence-corrected chi connectivity index (χ0v) is 12.5. The predicted octanol–water partition coefficient (Wildman–Crippen LogP) is 2.40. The molecule has 0 aliphatic carbocycles. The van der Waals surface area contributed by atoms with Crippen LogP contribution in [0.5, 0.6) is 0 Å². The van der Waals surface area contributed by atoms with Crippen LogP contribution in [0.25, 0.3) is 5.57 Å². The van der Waals surface area contributed by atoms with E-state index in [9.17, 15) is 14.4 Å². The summed E-state index contributed by atoms with van der Waals surface area (Å²) in [7, 11) is 0. The molecule has 0 bridgehead atoms. The third-order valence-electron chi connectivity index (χ3n) is 3.74. The minimum Gasteiger partial charge on any atom is -0.478 e. The van der Waals surface area contributed by atoms with E-state index in [1.165, 1.54) is 17.0 Å². The molecule has 0 spiro atoms. The summed E-state index contributed by atoms with van der Waals surface area (Å²) in [6.45, 7) is 0.161. The van der Waals surface area contributed by atoms with E-state index >= 15 is 0 Å². The van der Waals surface area contributed by atoms with Crippen molar-refractivity contribution in [2.75, 3.05) is 4.90 Å². The molecule has 3 rings (SSSR count). The maximum absolute atomic E-state index is 12.6. The van der Waals surface area contributed by atoms with Gasteiger partial charge in [0.15, 0.2) is 0 Å². The molecule has 1 amide bonds. The standard InChI is InChI=1S/C18H13NO5/c20-16(21)9-14-13-6-1-2-7-15(13)19(17(14)22)10-11-4-3-5-12(8-11)18(23)24/h1-9H,10H2,(H,20,21)(H,23,24). The summed E-state index contributed by atoms with van der Waals surface area (Å²) >= 11 is 0. The summed E-state index contributed by atoms with van der Waals surface area (Å²) in [6, 6.07) is 13.2. The van der Waals surface area contributed by atoms with Gasteiger partial charge in [-0.15, -0.1) is 0 Å². The monoisotopic (exact) mass is 323 g/mol. The van der Waals surface area contributed by atoms with Crippen LogP contribution in [0.1, 0.15) is 21.5 Å². The molecule has 6 heteroatoms. The average Bonchev–Trinajstić information content (AvgIpc) is 2.81. The first-order chi connectivity index (χ1) is 11.5. The van der Waals surface area contributed by atoms with E-state index < -0.39 is 17.8 Å². The van der Waals surface area contributed by atoms with Crippen molar-refractivity contribution in [1.82, 2.24) is 0 Å². The number of fused-ring (bicyclic) bond motifs is 1. The Hall–Kier alpha value is -3.41. The van der Waals surface area contributed by atoms with E-state index in [0.717, 1.165) is 6.08 Å². The Morgan fingerprint density at radius 1 is 1.04 bits per heavy atom. The second kappa shape index (κ2) is 6.00. The molecule has 2 N–H and O–H groups in total. The minimum atomic E-state index is -1.19. The summed E-state index contributed by atoms with van der Waals surface area (Å²) < 4.78 is 0. The Morgan fingerprint density at radius 2 is 1.79 bits per heavy atom. The largest absolute Gasteiger partial charge is 0.478 e. The molecule has 2 aromatic rings. The smallest absolute Gasteiger partial charge is 0.335 e. The molecule has 1 aliphatic rings. The van der Waals surface area contributed by atoms with Gasteiger partial charge in [0.25, 0.3) is 5.91 Å². The van der Waals surface area contributed by atoms with Crippen molar-refractivity contribution in [3.8, 4) is 0 Å². The van der Waals surface area contributed by atoms with Crippen molar-refractivity contribution in [2.24, 2.45) is 0 Å². The second-order valence-electron chi connectivity index (χ2n) is 5.31. The van der Waals surface area contributed by atoms with Crippen molar-refractivity contribution in [3.63, 3.8) is 0 Å². The van der Waals surface area contributed by atoms with Gasteiger partial charge in [0.05, 0.1) is 23.4 Å². The summed E-state index contributed by atoms with van der Waals surface area (Å²) in [6.07, 6.45) is 0.898. The van der Waals surface area contributed by atoms with Crippen LogP contribution >= 0.6 is 0 Å². The van der Waals surface area contributed by atoms with Crippen LogP contribution < -0.4 is 4.90 Å². The third kappa shape index (κ3) is 2.77. The molecule has 0 fully saturated rings. The number of hydrogen-bond donors (Lipinski definition) is 2. The van der Waals surface area contributed by atoms with Crippen LogP contribution in [0.2, 0.25) is 0 Å². The number of carbonyl (C=O) groups is 3. The second-order valence-corrected chi connectivity index (χ2v) is 5.31. The van der Waals surface area contributed by atoms with Crippen LogP contribution in [-0.2, 0) is 16.1 Å². The van der Waals surface area contributed by atoms with Gasteiger partial charge in [-0.25, -0.2) is 9.59 Å². The van der Waals surface area contributed by atoms with Gasteiger partial charge < -0.3 is 15.1 Å². The first-order valence-corrected chi connectivity index (χ1v) is 7.15. The van der Waals surface area contributed by atoms with E-state index in [2.05, 4.69) is 0 Å². The fraction of sp³-hybridized carbons (Fsp3) is 0.0556. The lowest BCUT2D eigenvalue weighted by molar-refractivity contribution is -0.131. The van der Waals surface area contributed by atoms with Crippen LogP contribution in [0.15, 0.2) is 54.6 Å². The molecule has 0 atom stereocenters. The Labute approximate surface area is 137 Å². The molecule has 1 heterocycles. The Kier molecular flexibility index (Phi) is 3.87. The number of carboxylic acid groups (broad SMARTS) is 2. The van der Waals surface area contributed by atoms with Crippen molar-refractivity contribution < 1.29 is 24.6 Å². The van der Waals surface area contributed by atoms with E-state index in [1.807, 2.05) is 0 Å². The summed E-state index contributed by atoms with van der Waals surface area (Å²) in [5, 5.41) is 18.0. The predicted molar refractivity (Wildman–Crippen MR) is 86.6 cm³/mol. The number of carboxylic acids is 2. The fourth-order valence-corrected chi connectivity index (χ4v) is 2.71. The molecule has 6 nitrogen and oxygen atoms in total.